The minimum absolute atomic E-state index is 0.194. The van der Waals surface area contributed by atoms with Gasteiger partial charge in [-0.15, -0.1) is 0 Å². The van der Waals surface area contributed by atoms with E-state index in [2.05, 4.69) is 4.98 Å². The second-order valence-electron chi connectivity index (χ2n) is 2.90. The van der Waals surface area contributed by atoms with E-state index in [0.717, 1.165) is 0 Å². The molecule has 0 bridgehead atoms. The Balaban J connectivity index is 3.09. The molecule has 6 heteroatoms. The zero-order valence-electron chi connectivity index (χ0n) is 7.70. The standard InChI is InChI=1S/C8H11ClN2O2S/c1-2-7-6(5-14(10,12)13)3-4-8(9)11-7/h3-4H,2,5H2,1H3,(H2,10,12,13). The van der Waals surface area contributed by atoms with Gasteiger partial charge in [-0.3, -0.25) is 0 Å². The first-order chi connectivity index (χ1) is 6.42. The molecule has 0 amide bonds. The molecular weight excluding hydrogens is 224 g/mol. The van der Waals surface area contributed by atoms with E-state index in [-0.39, 0.29) is 5.75 Å². The molecule has 4 nitrogen and oxygen atoms in total. The van der Waals surface area contributed by atoms with E-state index in [1.54, 1.807) is 12.1 Å². The van der Waals surface area contributed by atoms with Crippen molar-refractivity contribution >= 4 is 21.6 Å². The predicted molar refractivity (Wildman–Crippen MR) is 55.4 cm³/mol. The molecule has 0 atom stereocenters. The van der Waals surface area contributed by atoms with Gasteiger partial charge >= 0.3 is 0 Å². The first-order valence-corrected chi connectivity index (χ1v) is 6.16. The summed E-state index contributed by atoms with van der Waals surface area (Å²) < 4.78 is 21.7. The quantitative estimate of drug-likeness (QED) is 0.796. The van der Waals surface area contributed by atoms with Gasteiger partial charge in [0.15, 0.2) is 0 Å². The third-order valence-electron chi connectivity index (χ3n) is 1.73. The number of aromatic nitrogens is 1. The second-order valence-corrected chi connectivity index (χ2v) is 4.90. The fourth-order valence-corrected chi connectivity index (χ4v) is 2.02. The molecule has 0 fully saturated rings. The van der Waals surface area contributed by atoms with Gasteiger partial charge in [0.2, 0.25) is 10.0 Å². The van der Waals surface area contributed by atoms with Crippen molar-refractivity contribution in [1.82, 2.24) is 4.98 Å². The summed E-state index contributed by atoms with van der Waals surface area (Å²) in [6, 6.07) is 3.19. The highest BCUT2D eigenvalue weighted by atomic mass is 35.5. The van der Waals surface area contributed by atoms with Gasteiger partial charge in [-0.1, -0.05) is 24.6 Å². The second kappa shape index (κ2) is 4.25. The van der Waals surface area contributed by atoms with Crippen molar-refractivity contribution in [3.05, 3.63) is 28.5 Å². The van der Waals surface area contributed by atoms with Gasteiger partial charge in [0, 0.05) is 5.69 Å². The van der Waals surface area contributed by atoms with E-state index >= 15 is 0 Å². The molecule has 0 aliphatic rings. The Kier molecular flexibility index (Phi) is 3.47. The summed E-state index contributed by atoms with van der Waals surface area (Å²) in [5.41, 5.74) is 1.28. The molecule has 1 heterocycles. The predicted octanol–water partition coefficient (Wildman–Crippen LogP) is 1.09. The molecule has 0 radical (unpaired) electrons. The van der Waals surface area contributed by atoms with Crippen LogP contribution in [0.3, 0.4) is 0 Å². The van der Waals surface area contributed by atoms with Gasteiger partial charge in [0.1, 0.15) is 5.15 Å². The molecule has 0 spiro atoms. The van der Waals surface area contributed by atoms with Crippen LogP contribution in [-0.4, -0.2) is 13.4 Å². The van der Waals surface area contributed by atoms with Crippen LogP contribution >= 0.6 is 11.6 Å². The molecule has 2 N–H and O–H groups in total. The van der Waals surface area contributed by atoms with Crippen molar-refractivity contribution in [1.29, 1.82) is 0 Å². The minimum atomic E-state index is -3.51. The lowest BCUT2D eigenvalue weighted by molar-refractivity contribution is 0.596. The lowest BCUT2D eigenvalue weighted by Crippen LogP contribution is -2.16. The molecule has 0 unspecified atom stereocenters. The summed E-state index contributed by atoms with van der Waals surface area (Å²) in [6.07, 6.45) is 0.630. The minimum Gasteiger partial charge on any atom is -0.241 e. The van der Waals surface area contributed by atoms with Gasteiger partial charge in [-0.05, 0) is 18.1 Å². The highest BCUT2D eigenvalue weighted by Gasteiger charge is 2.10. The fraction of sp³-hybridized carbons (Fsp3) is 0.375. The maximum atomic E-state index is 10.9. The van der Waals surface area contributed by atoms with Crippen LogP contribution in [0.4, 0.5) is 0 Å². The Hall–Kier alpha value is -0.650. The Morgan fingerprint density at radius 2 is 2.14 bits per heavy atom. The van der Waals surface area contributed by atoms with Gasteiger partial charge in [0.25, 0.3) is 0 Å². The smallest absolute Gasteiger partial charge is 0.213 e. The van der Waals surface area contributed by atoms with Crippen molar-refractivity contribution in [2.24, 2.45) is 5.14 Å². The topological polar surface area (TPSA) is 73.0 Å². The average Bonchev–Trinajstić information content (AvgIpc) is 2.06. The molecule has 78 valence electrons. The number of sulfonamides is 1. The average molecular weight is 235 g/mol. The monoisotopic (exact) mass is 234 g/mol. The molecule has 0 aliphatic carbocycles. The van der Waals surface area contributed by atoms with Crippen LogP contribution in [0.1, 0.15) is 18.2 Å². The largest absolute Gasteiger partial charge is 0.241 e. The number of halogens is 1. The Morgan fingerprint density at radius 3 is 2.64 bits per heavy atom. The van der Waals surface area contributed by atoms with Crippen molar-refractivity contribution in [2.45, 2.75) is 19.1 Å². The van der Waals surface area contributed by atoms with E-state index in [4.69, 9.17) is 16.7 Å². The molecule has 1 aromatic rings. The van der Waals surface area contributed by atoms with E-state index < -0.39 is 10.0 Å². The first kappa shape index (κ1) is 11.4. The highest BCUT2D eigenvalue weighted by Crippen LogP contribution is 2.14. The number of rotatable bonds is 3. The van der Waals surface area contributed by atoms with Gasteiger partial charge in [0.05, 0.1) is 5.75 Å². The van der Waals surface area contributed by atoms with Crippen molar-refractivity contribution in [3.8, 4) is 0 Å². The molecule has 0 saturated heterocycles. The molecular formula is C8H11ClN2O2S. The molecule has 0 saturated carbocycles. The third kappa shape index (κ3) is 3.25. The van der Waals surface area contributed by atoms with Crippen LogP contribution in [0, 0.1) is 0 Å². The molecule has 0 aliphatic heterocycles. The maximum Gasteiger partial charge on any atom is 0.213 e. The van der Waals surface area contributed by atoms with Crippen molar-refractivity contribution < 1.29 is 8.42 Å². The fourth-order valence-electron chi connectivity index (χ4n) is 1.16. The number of aryl methyl sites for hydroxylation is 1. The Bertz CT molecular complexity index is 431. The third-order valence-corrected chi connectivity index (χ3v) is 2.65. The number of hydrogen-bond acceptors (Lipinski definition) is 3. The Morgan fingerprint density at radius 1 is 1.50 bits per heavy atom. The molecule has 1 aromatic heterocycles. The van der Waals surface area contributed by atoms with Crippen molar-refractivity contribution in [3.63, 3.8) is 0 Å². The van der Waals surface area contributed by atoms with E-state index in [9.17, 15) is 8.42 Å². The summed E-state index contributed by atoms with van der Waals surface area (Å²) in [6.45, 7) is 1.88. The first-order valence-electron chi connectivity index (χ1n) is 4.07. The van der Waals surface area contributed by atoms with E-state index in [1.807, 2.05) is 6.92 Å². The van der Waals surface area contributed by atoms with Gasteiger partial charge < -0.3 is 0 Å². The normalized spacial score (nSPS) is 11.6. The number of hydrogen-bond donors (Lipinski definition) is 1. The summed E-state index contributed by atoms with van der Waals surface area (Å²) in [5.74, 6) is -0.194. The zero-order chi connectivity index (χ0) is 10.8. The lowest BCUT2D eigenvalue weighted by atomic mass is 10.2. The zero-order valence-corrected chi connectivity index (χ0v) is 9.27. The highest BCUT2D eigenvalue weighted by molar-refractivity contribution is 7.88. The lowest BCUT2D eigenvalue weighted by Gasteiger charge is -2.05. The molecule has 0 aromatic carbocycles. The van der Waals surface area contributed by atoms with Crippen LogP contribution in [-0.2, 0) is 22.2 Å². The summed E-state index contributed by atoms with van der Waals surface area (Å²) in [4.78, 5) is 4.02. The van der Waals surface area contributed by atoms with Gasteiger partial charge in [-0.25, -0.2) is 18.5 Å². The van der Waals surface area contributed by atoms with E-state index in [0.29, 0.717) is 22.8 Å². The SMILES string of the molecule is CCc1nc(Cl)ccc1CS(N)(=O)=O. The van der Waals surface area contributed by atoms with Crippen LogP contribution in [0.5, 0.6) is 0 Å². The van der Waals surface area contributed by atoms with Crippen molar-refractivity contribution in [2.75, 3.05) is 0 Å². The van der Waals surface area contributed by atoms with Gasteiger partial charge in [-0.2, -0.15) is 0 Å². The van der Waals surface area contributed by atoms with Crippen LogP contribution in [0.2, 0.25) is 5.15 Å². The van der Waals surface area contributed by atoms with E-state index in [1.165, 1.54) is 0 Å². The molecule has 14 heavy (non-hydrogen) atoms. The van der Waals surface area contributed by atoms with Crippen LogP contribution in [0.25, 0.3) is 0 Å². The number of nitrogens with zero attached hydrogens (tertiary/aromatic N) is 1. The summed E-state index contributed by atoms with van der Waals surface area (Å²) >= 11 is 5.68. The number of pyridine rings is 1. The Labute approximate surface area is 88.1 Å². The maximum absolute atomic E-state index is 10.9. The van der Waals surface area contributed by atoms with Crippen LogP contribution < -0.4 is 5.14 Å². The number of primary sulfonamides is 1. The summed E-state index contributed by atoms with van der Waals surface area (Å²) in [5, 5.41) is 5.30. The summed E-state index contributed by atoms with van der Waals surface area (Å²) in [7, 11) is -3.51. The van der Waals surface area contributed by atoms with Crippen LogP contribution in [0.15, 0.2) is 12.1 Å². The molecule has 1 rings (SSSR count). The number of nitrogens with two attached hydrogens (primary N) is 1.